The zero-order valence-electron chi connectivity index (χ0n) is 8.03. The van der Waals surface area contributed by atoms with E-state index in [0.29, 0.717) is 5.56 Å². The van der Waals surface area contributed by atoms with Crippen LogP contribution in [0.4, 0.5) is 0 Å². The van der Waals surface area contributed by atoms with E-state index in [1.807, 2.05) is 18.2 Å². The normalized spacial score (nSPS) is 10.3. The van der Waals surface area contributed by atoms with Gasteiger partial charge in [-0.3, -0.25) is 0 Å². The second-order valence-electron chi connectivity index (χ2n) is 3.03. The minimum Gasteiger partial charge on any atom is -0.465 e. The molecule has 0 radical (unpaired) electrons. The van der Waals surface area contributed by atoms with Gasteiger partial charge in [0.25, 0.3) is 0 Å². The number of esters is 1. The second kappa shape index (κ2) is 4.14. The van der Waals surface area contributed by atoms with Gasteiger partial charge in [-0.2, -0.15) is 0 Å². The van der Waals surface area contributed by atoms with E-state index in [9.17, 15) is 4.79 Å². The summed E-state index contributed by atoms with van der Waals surface area (Å²) in [6, 6.07) is 7.32. The monoisotopic (exact) mass is 313 g/mol. The number of benzene rings is 1. The highest BCUT2D eigenvalue weighted by atomic mass is 127. The van der Waals surface area contributed by atoms with Gasteiger partial charge in [0.05, 0.1) is 12.7 Å². The van der Waals surface area contributed by atoms with E-state index in [1.54, 1.807) is 12.3 Å². The minimum atomic E-state index is -0.316. The van der Waals surface area contributed by atoms with Gasteiger partial charge in [0.2, 0.25) is 0 Å². The van der Waals surface area contributed by atoms with Crippen molar-refractivity contribution in [1.29, 1.82) is 0 Å². The summed E-state index contributed by atoms with van der Waals surface area (Å²) in [7, 11) is 1.38. The molecule has 0 aliphatic heterocycles. The standard InChI is InChI=1S/C11H8INO2/c1-15-11(14)8-2-3-9-7(6-8)4-5-13-10(9)12/h2-6H,1H3. The third-order valence-corrected chi connectivity index (χ3v) is 3.00. The van der Waals surface area contributed by atoms with Crippen LogP contribution < -0.4 is 0 Å². The molecular formula is C11H8INO2. The van der Waals surface area contributed by atoms with Crippen LogP contribution in [0, 0.1) is 3.70 Å². The molecule has 2 rings (SSSR count). The lowest BCUT2D eigenvalue weighted by Crippen LogP contribution is -2.00. The number of halogens is 1. The van der Waals surface area contributed by atoms with Crippen LogP contribution in [0.3, 0.4) is 0 Å². The number of hydrogen-bond donors (Lipinski definition) is 0. The molecule has 0 spiro atoms. The molecular weight excluding hydrogens is 305 g/mol. The quantitative estimate of drug-likeness (QED) is 0.461. The summed E-state index contributed by atoms with van der Waals surface area (Å²) in [6.45, 7) is 0. The molecule has 0 aliphatic carbocycles. The predicted octanol–water partition coefficient (Wildman–Crippen LogP) is 2.63. The Kier molecular flexibility index (Phi) is 2.86. The summed E-state index contributed by atoms with van der Waals surface area (Å²) in [5, 5.41) is 2.04. The lowest BCUT2D eigenvalue weighted by molar-refractivity contribution is 0.0601. The van der Waals surface area contributed by atoms with Gasteiger partial charge in [0.1, 0.15) is 3.70 Å². The molecule has 0 amide bonds. The largest absolute Gasteiger partial charge is 0.465 e. The molecule has 1 heterocycles. The maximum Gasteiger partial charge on any atom is 0.337 e. The van der Waals surface area contributed by atoms with Gasteiger partial charge in [-0.05, 0) is 46.2 Å². The zero-order chi connectivity index (χ0) is 10.8. The van der Waals surface area contributed by atoms with Gasteiger partial charge < -0.3 is 4.74 Å². The average molecular weight is 313 g/mol. The van der Waals surface area contributed by atoms with E-state index >= 15 is 0 Å². The number of ether oxygens (including phenoxy) is 1. The van der Waals surface area contributed by atoms with Gasteiger partial charge in [-0.25, -0.2) is 9.78 Å². The fourth-order valence-corrected chi connectivity index (χ4v) is 2.04. The molecule has 0 aliphatic rings. The van der Waals surface area contributed by atoms with E-state index in [-0.39, 0.29) is 5.97 Å². The van der Waals surface area contributed by atoms with Crippen LogP contribution in [-0.4, -0.2) is 18.1 Å². The molecule has 0 atom stereocenters. The Labute approximate surface area is 101 Å². The fraction of sp³-hybridized carbons (Fsp3) is 0.0909. The van der Waals surface area contributed by atoms with Crippen LogP contribution in [0.25, 0.3) is 10.8 Å². The minimum absolute atomic E-state index is 0.316. The topological polar surface area (TPSA) is 39.2 Å². The van der Waals surface area contributed by atoms with Crippen molar-refractivity contribution >= 4 is 39.3 Å². The molecule has 15 heavy (non-hydrogen) atoms. The smallest absolute Gasteiger partial charge is 0.337 e. The van der Waals surface area contributed by atoms with Crippen LogP contribution in [0.5, 0.6) is 0 Å². The van der Waals surface area contributed by atoms with Crippen LogP contribution >= 0.6 is 22.6 Å². The summed E-state index contributed by atoms with van der Waals surface area (Å²) >= 11 is 2.17. The first-order valence-corrected chi connectivity index (χ1v) is 5.43. The first kappa shape index (κ1) is 10.4. The number of fused-ring (bicyclic) bond motifs is 1. The highest BCUT2D eigenvalue weighted by Crippen LogP contribution is 2.20. The lowest BCUT2D eigenvalue weighted by Gasteiger charge is -2.02. The van der Waals surface area contributed by atoms with Crippen molar-refractivity contribution in [3.05, 3.63) is 39.7 Å². The number of aromatic nitrogens is 1. The molecule has 0 saturated heterocycles. The molecule has 0 fully saturated rings. The van der Waals surface area contributed by atoms with E-state index in [1.165, 1.54) is 7.11 Å². The zero-order valence-corrected chi connectivity index (χ0v) is 10.2. The highest BCUT2D eigenvalue weighted by Gasteiger charge is 2.06. The number of hydrogen-bond acceptors (Lipinski definition) is 3. The Hall–Kier alpha value is -1.17. The van der Waals surface area contributed by atoms with Gasteiger partial charge in [-0.1, -0.05) is 6.07 Å². The van der Waals surface area contributed by atoms with Crippen molar-refractivity contribution in [2.24, 2.45) is 0 Å². The Balaban J connectivity index is 2.62. The Bertz CT molecular complexity index is 525. The third-order valence-electron chi connectivity index (χ3n) is 2.14. The van der Waals surface area contributed by atoms with Crippen LogP contribution in [0.2, 0.25) is 0 Å². The van der Waals surface area contributed by atoms with E-state index in [2.05, 4.69) is 32.3 Å². The molecule has 0 N–H and O–H groups in total. The van der Waals surface area contributed by atoms with Crippen molar-refractivity contribution in [3.63, 3.8) is 0 Å². The molecule has 0 bridgehead atoms. The van der Waals surface area contributed by atoms with E-state index in [0.717, 1.165) is 14.5 Å². The molecule has 3 nitrogen and oxygen atoms in total. The van der Waals surface area contributed by atoms with Gasteiger partial charge in [0, 0.05) is 11.6 Å². The van der Waals surface area contributed by atoms with Gasteiger partial charge in [0.15, 0.2) is 0 Å². The average Bonchev–Trinajstić information content (AvgIpc) is 2.28. The first-order valence-electron chi connectivity index (χ1n) is 4.35. The molecule has 76 valence electrons. The van der Waals surface area contributed by atoms with E-state index in [4.69, 9.17) is 0 Å². The maximum absolute atomic E-state index is 11.3. The molecule has 0 unspecified atom stereocenters. The first-order chi connectivity index (χ1) is 7.22. The summed E-state index contributed by atoms with van der Waals surface area (Å²) in [6.07, 6.45) is 1.73. The van der Waals surface area contributed by atoms with E-state index < -0.39 is 0 Å². The third kappa shape index (κ3) is 1.94. The predicted molar refractivity (Wildman–Crippen MR) is 65.8 cm³/mol. The van der Waals surface area contributed by atoms with Crippen LogP contribution in [0.15, 0.2) is 30.5 Å². The summed E-state index contributed by atoms with van der Waals surface area (Å²) in [5.74, 6) is -0.316. The van der Waals surface area contributed by atoms with Gasteiger partial charge in [-0.15, -0.1) is 0 Å². The van der Waals surface area contributed by atoms with Crippen molar-refractivity contribution in [2.45, 2.75) is 0 Å². The van der Waals surface area contributed by atoms with Crippen LogP contribution in [-0.2, 0) is 4.74 Å². The highest BCUT2D eigenvalue weighted by molar-refractivity contribution is 14.1. The number of carbonyl (C=O) groups is 1. The number of pyridine rings is 1. The van der Waals surface area contributed by atoms with Crippen molar-refractivity contribution in [3.8, 4) is 0 Å². The van der Waals surface area contributed by atoms with Crippen LogP contribution in [0.1, 0.15) is 10.4 Å². The summed E-state index contributed by atoms with van der Waals surface area (Å²) in [4.78, 5) is 15.5. The number of nitrogens with zero attached hydrogens (tertiary/aromatic N) is 1. The Morgan fingerprint density at radius 1 is 1.40 bits per heavy atom. The van der Waals surface area contributed by atoms with Gasteiger partial charge >= 0.3 is 5.97 Å². The number of carbonyl (C=O) groups excluding carboxylic acids is 1. The number of rotatable bonds is 1. The van der Waals surface area contributed by atoms with Crippen molar-refractivity contribution in [2.75, 3.05) is 7.11 Å². The van der Waals surface area contributed by atoms with Crippen molar-refractivity contribution in [1.82, 2.24) is 4.98 Å². The molecule has 1 aromatic heterocycles. The summed E-state index contributed by atoms with van der Waals surface area (Å²) in [5.41, 5.74) is 0.562. The fourth-order valence-electron chi connectivity index (χ4n) is 1.39. The lowest BCUT2D eigenvalue weighted by atomic mass is 10.1. The molecule has 0 saturated carbocycles. The molecule has 2 aromatic rings. The second-order valence-corrected chi connectivity index (χ2v) is 4.05. The number of methoxy groups -OCH3 is 1. The Morgan fingerprint density at radius 3 is 2.93 bits per heavy atom. The molecule has 4 heteroatoms. The molecule has 1 aromatic carbocycles. The maximum atomic E-state index is 11.3. The SMILES string of the molecule is COC(=O)c1ccc2c(I)nccc2c1. The summed E-state index contributed by atoms with van der Waals surface area (Å²) < 4.78 is 5.59. The Morgan fingerprint density at radius 2 is 2.20 bits per heavy atom. The van der Waals surface area contributed by atoms with Crippen molar-refractivity contribution < 1.29 is 9.53 Å².